The van der Waals surface area contributed by atoms with Gasteiger partial charge in [0.2, 0.25) is 11.8 Å². The van der Waals surface area contributed by atoms with Gasteiger partial charge in [0, 0.05) is 5.02 Å². The molecule has 3 aliphatic rings. The van der Waals surface area contributed by atoms with Crippen LogP contribution in [0.2, 0.25) is 5.02 Å². The number of anilines is 1. The summed E-state index contributed by atoms with van der Waals surface area (Å²) in [5.74, 6) is 1.92. The van der Waals surface area contributed by atoms with Gasteiger partial charge in [-0.2, -0.15) is 0 Å². The molecule has 5 rings (SSSR count). The van der Waals surface area contributed by atoms with Crippen molar-refractivity contribution in [1.82, 2.24) is 0 Å². The third-order valence-electron chi connectivity index (χ3n) is 6.07. The van der Waals surface area contributed by atoms with Crippen molar-refractivity contribution in [2.45, 2.75) is 19.3 Å². The van der Waals surface area contributed by atoms with Crippen molar-refractivity contribution in [3.8, 4) is 11.5 Å². The lowest BCUT2D eigenvalue weighted by Crippen LogP contribution is -2.32. The van der Waals surface area contributed by atoms with Gasteiger partial charge in [0.15, 0.2) is 0 Å². The number of ether oxygens (including phenoxy) is 1. The minimum absolute atomic E-state index is 0.0152. The molecule has 2 aromatic rings. The second kappa shape index (κ2) is 5.85. The van der Waals surface area contributed by atoms with E-state index in [1.807, 2.05) is 0 Å². The van der Waals surface area contributed by atoms with E-state index in [1.165, 1.54) is 4.90 Å². The van der Waals surface area contributed by atoms with Gasteiger partial charge in [0.25, 0.3) is 0 Å². The number of carbonyl (C=O) groups excluding carboxylic acids is 2. The summed E-state index contributed by atoms with van der Waals surface area (Å²) in [5.41, 5.74) is 0.636. The Morgan fingerprint density at radius 1 is 0.808 bits per heavy atom. The maximum atomic E-state index is 12.9. The van der Waals surface area contributed by atoms with Crippen molar-refractivity contribution >= 4 is 29.1 Å². The van der Waals surface area contributed by atoms with E-state index in [0.717, 1.165) is 19.3 Å². The zero-order valence-corrected chi connectivity index (χ0v) is 14.9. The SMILES string of the molecule is O=C1[C@@H]2[C@H]3CC[C@@H](C3)[C@H]2C(=O)N1c1ccc(Oc2ccc(Cl)cc2)cc1. The van der Waals surface area contributed by atoms with E-state index in [-0.39, 0.29) is 23.7 Å². The Bertz CT molecular complexity index is 849. The van der Waals surface area contributed by atoms with Gasteiger partial charge in [-0.1, -0.05) is 11.6 Å². The fourth-order valence-corrected chi connectivity index (χ4v) is 5.09. The van der Waals surface area contributed by atoms with E-state index >= 15 is 0 Å². The van der Waals surface area contributed by atoms with Gasteiger partial charge in [0.1, 0.15) is 11.5 Å². The van der Waals surface area contributed by atoms with Crippen LogP contribution in [0.15, 0.2) is 48.5 Å². The molecule has 1 heterocycles. The summed E-state index contributed by atoms with van der Waals surface area (Å²) in [5, 5.41) is 0.651. The van der Waals surface area contributed by atoms with Gasteiger partial charge in [-0.25, -0.2) is 0 Å². The van der Waals surface area contributed by atoms with Crippen molar-refractivity contribution in [3.05, 3.63) is 53.6 Å². The molecule has 2 saturated carbocycles. The summed E-state index contributed by atoms with van der Waals surface area (Å²) in [6, 6.07) is 14.2. The van der Waals surface area contributed by atoms with Crippen LogP contribution in [0.5, 0.6) is 11.5 Å². The molecular formula is C21H18ClNO3. The Hall–Kier alpha value is -2.33. The summed E-state index contributed by atoms with van der Waals surface area (Å²) in [7, 11) is 0. The molecule has 0 aromatic heterocycles. The quantitative estimate of drug-likeness (QED) is 0.741. The molecule has 0 N–H and O–H groups in total. The number of rotatable bonds is 3. The molecule has 0 unspecified atom stereocenters. The lowest BCUT2D eigenvalue weighted by Gasteiger charge is -2.19. The number of nitrogens with zero attached hydrogens (tertiary/aromatic N) is 1. The zero-order valence-electron chi connectivity index (χ0n) is 14.1. The molecule has 26 heavy (non-hydrogen) atoms. The van der Waals surface area contributed by atoms with Gasteiger partial charge >= 0.3 is 0 Å². The summed E-state index contributed by atoms with van der Waals surface area (Å²) < 4.78 is 5.78. The molecular weight excluding hydrogens is 350 g/mol. The Balaban J connectivity index is 1.37. The lowest BCUT2D eigenvalue weighted by molar-refractivity contribution is -0.123. The van der Waals surface area contributed by atoms with Crippen LogP contribution in [0.3, 0.4) is 0 Å². The van der Waals surface area contributed by atoms with Crippen molar-refractivity contribution < 1.29 is 14.3 Å². The largest absolute Gasteiger partial charge is 0.457 e. The van der Waals surface area contributed by atoms with Crippen molar-refractivity contribution in [2.75, 3.05) is 4.90 Å². The first kappa shape index (κ1) is 15.9. The second-order valence-corrected chi connectivity index (χ2v) is 7.88. The molecule has 2 aliphatic carbocycles. The van der Waals surface area contributed by atoms with Crippen LogP contribution < -0.4 is 9.64 Å². The molecule has 5 heteroatoms. The minimum Gasteiger partial charge on any atom is -0.457 e. The topological polar surface area (TPSA) is 46.6 Å². The number of imide groups is 1. The molecule has 3 fully saturated rings. The van der Waals surface area contributed by atoms with Crippen LogP contribution in [0.1, 0.15) is 19.3 Å². The van der Waals surface area contributed by atoms with Crippen LogP contribution in [-0.4, -0.2) is 11.8 Å². The van der Waals surface area contributed by atoms with Gasteiger partial charge in [-0.3, -0.25) is 14.5 Å². The predicted octanol–water partition coefficient (Wildman–Crippen LogP) is 4.67. The number of halogens is 1. The average Bonchev–Trinajstić information content (AvgIpc) is 3.32. The van der Waals surface area contributed by atoms with Crippen molar-refractivity contribution in [3.63, 3.8) is 0 Å². The van der Waals surface area contributed by atoms with E-state index < -0.39 is 0 Å². The molecule has 2 bridgehead atoms. The third kappa shape index (κ3) is 2.36. The number of fused-ring (bicyclic) bond motifs is 5. The third-order valence-corrected chi connectivity index (χ3v) is 6.32. The highest BCUT2D eigenvalue weighted by Crippen LogP contribution is 2.56. The molecule has 132 valence electrons. The molecule has 4 atom stereocenters. The Morgan fingerprint density at radius 2 is 1.31 bits per heavy atom. The number of benzene rings is 2. The lowest BCUT2D eigenvalue weighted by atomic mass is 9.81. The molecule has 1 aliphatic heterocycles. The van der Waals surface area contributed by atoms with E-state index in [2.05, 4.69) is 0 Å². The van der Waals surface area contributed by atoms with E-state index in [4.69, 9.17) is 16.3 Å². The monoisotopic (exact) mass is 367 g/mol. The molecule has 0 radical (unpaired) electrons. The van der Waals surface area contributed by atoms with Gasteiger partial charge in [-0.05, 0) is 79.6 Å². The molecule has 1 saturated heterocycles. The van der Waals surface area contributed by atoms with E-state index in [0.29, 0.717) is 34.0 Å². The Morgan fingerprint density at radius 3 is 1.85 bits per heavy atom. The summed E-state index contributed by atoms with van der Waals surface area (Å²) in [6.45, 7) is 0. The highest BCUT2D eigenvalue weighted by atomic mass is 35.5. The van der Waals surface area contributed by atoms with Gasteiger partial charge < -0.3 is 4.74 Å². The second-order valence-electron chi connectivity index (χ2n) is 7.45. The number of hydrogen-bond donors (Lipinski definition) is 0. The number of amides is 2. The molecule has 2 amide bonds. The fraction of sp³-hybridized carbons (Fsp3) is 0.333. The first-order chi connectivity index (χ1) is 12.6. The molecule has 0 spiro atoms. The Labute approximate surface area is 156 Å². The van der Waals surface area contributed by atoms with Gasteiger partial charge in [0.05, 0.1) is 17.5 Å². The van der Waals surface area contributed by atoms with Gasteiger partial charge in [-0.15, -0.1) is 0 Å². The van der Waals surface area contributed by atoms with E-state index in [9.17, 15) is 9.59 Å². The van der Waals surface area contributed by atoms with Crippen LogP contribution in [0, 0.1) is 23.7 Å². The fourth-order valence-electron chi connectivity index (χ4n) is 4.97. The zero-order chi connectivity index (χ0) is 17.8. The predicted molar refractivity (Wildman–Crippen MR) is 98.3 cm³/mol. The maximum absolute atomic E-state index is 12.9. The molecule has 2 aromatic carbocycles. The highest BCUT2D eigenvalue weighted by Gasteiger charge is 2.61. The van der Waals surface area contributed by atoms with E-state index in [1.54, 1.807) is 48.5 Å². The Kier molecular flexibility index (Phi) is 3.57. The summed E-state index contributed by atoms with van der Waals surface area (Å²) in [6.07, 6.45) is 3.23. The summed E-state index contributed by atoms with van der Waals surface area (Å²) in [4.78, 5) is 27.1. The first-order valence-corrected chi connectivity index (χ1v) is 9.41. The number of hydrogen-bond acceptors (Lipinski definition) is 3. The standard InChI is InChI=1S/C21H18ClNO3/c22-14-3-7-16(8-4-14)26-17-9-5-15(6-10-17)23-20(24)18-12-1-2-13(11-12)19(18)21(23)25/h3-10,12-13,18-19H,1-2,11H2/t12-,13-,18+,19+/m0/s1. The van der Waals surface area contributed by atoms with Crippen LogP contribution in [-0.2, 0) is 9.59 Å². The minimum atomic E-state index is -0.0914. The molecule has 4 nitrogen and oxygen atoms in total. The first-order valence-electron chi connectivity index (χ1n) is 9.03. The smallest absolute Gasteiger partial charge is 0.237 e. The normalized spacial score (nSPS) is 29.3. The van der Waals surface area contributed by atoms with Crippen molar-refractivity contribution in [1.29, 1.82) is 0 Å². The number of carbonyl (C=O) groups is 2. The average molecular weight is 368 g/mol. The summed E-state index contributed by atoms with van der Waals surface area (Å²) >= 11 is 5.88. The maximum Gasteiger partial charge on any atom is 0.237 e. The van der Waals surface area contributed by atoms with Crippen LogP contribution >= 0.6 is 11.6 Å². The van der Waals surface area contributed by atoms with Crippen LogP contribution in [0.4, 0.5) is 5.69 Å². The van der Waals surface area contributed by atoms with Crippen LogP contribution in [0.25, 0.3) is 0 Å². The highest BCUT2D eigenvalue weighted by molar-refractivity contribution is 6.30. The van der Waals surface area contributed by atoms with Crippen molar-refractivity contribution in [2.24, 2.45) is 23.7 Å².